The van der Waals surface area contributed by atoms with E-state index in [0.717, 1.165) is 16.9 Å². The summed E-state index contributed by atoms with van der Waals surface area (Å²) in [6.07, 6.45) is -4.25. The number of halogens is 3. The van der Waals surface area contributed by atoms with Crippen LogP contribution in [-0.2, 0) is 34.2 Å². The zero-order valence-corrected chi connectivity index (χ0v) is 17.7. The number of fused-ring (bicyclic) bond motifs is 1. The first-order chi connectivity index (χ1) is 14.6. The van der Waals surface area contributed by atoms with Crippen LogP contribution in [0.2, 0.25) is 0 Å². The maximum Gasteiger partial charge on any atom is 0.471 e. The van der Waals surface area contributed by atoms with Gasteiger partial charge in [-0.2, -0.15) is 13.2 Å². The van der Waals surface area contributed by atoms with Crippen molar-refractivity contribution < 1.29 is 31.1 Å². The van der Waals surface area contributed by atoms with Crippen LogP contribution in [0.4, 0.5) is 13.2 Å². The molecule has 6 nitrogen and oxygen atoms in total. The van der Waals surface area contributed by atoms with Gasteiger partial charge in [0.15, 0.2) is 0 Å². The topological polar surface area (TPSA) is 75.7 Å². The van der Waals surface area contributed by atoms with Crippen molar-refractivity contribution in [3.8, 4) is 5.75 Å². The van der Waals surface area contributed by atoms with Crippen LogP contribution in [-0.4, -0.2) is 45.1 Å². The van der Waals surface area contributed by atoms with Gasteiger partial charge in [-0.15, -0.1) is 0 Å². The molecular weight excluding hydrogens is 433 g/mol. The molecule has 1 aliphatic rings. The van der Waals surface area contributed by atoms with Crippen molar-refractivity contribution in [1.82, 2.24) is 9.62 Å². The molecule has 0 atom stereocenters. The van der Waals surface area contributed by atoms with Gasteiger partial charge >= 0.3 is 12.1 Å². The van der Waals surface area contributed by atoms with Crippen molar-refractivity contribution in [2.75, 3.05) is 19.7 Å². The Hall–Kier alpha value is -2.59. The number of ether oxygens (including phenoxy) is 1. The van der Waals surface area contributed by atoms with Gasteiger partial charge in [-0.25, -0.2) is 13.1 Å². The molecule has 168 valence electrons. The van der Waals surface area contributed by atoms with Crippen LogP contribution in [0.3, 0.4) is 0 Å². The molecule has 0 saturated carbocycles. The van der Waals surface area contributed by atoms with E-state index in [2.05, 4.69) is 4.72 Å². The van der Waals surface area contributed by atoms with Gasteiger partial charge < -0.3 is 9.64 Å². The second-order valence-corrected chi connectivity index (χ2v) is 8.90. The summed E-state index contributed by atoms with van der Waals surface area (Å²) in [5.74, 6) is -1.18. The number of sulfonamides is 1. The predicted octanol–water partition coefficient (Wildman–Crippen LogP) is 3.05. The van der Waals surface area contributed by atoms with E-state index in [1.807, 2.05) is 31.2 Å². The zero-order chi connectivity index (χ0) is 22.6. The van der Waals surface area contributed by atoms with Gasteiger partial charge in [-0.05, 0) is 60.7 Å². The van der Waals surface area contributed by atoms with Crippen molar-refractivity contribution >= 4 is 15.9 Å². The third-order valence-electron chi connectivity index (χ3n) is 4.97. The monoisotopic (exact) mass is 456 g/mol. The number of rotatable bonds is 7. The lowest BCUT2D eigenvalue weighted by Crippen LogP contribution is -2.43. The van der Waals surface area contributed by atoms with Gasteiger partial charge in [-0.1, -0.05) is 18.2 Å². The molecule has 0 radical (unpaired) electrons. The second kappa shape index (κ2) is 9.27. The van der Waals surface area contributed by atoms with Gasteiger partial charge in [0, 0.05) is 19.6 Å². The Morgan fingerprint density at radius 1 is 1.13 bits per heavy atom. The van der Waals surface area contributed by atoms with Crippen molar-refractivity contribution in [3.05, 3.63) is 59.2 Å². The van der Waals surface area contributed by atoms with E-state index in [1.54, 1.807) is 6.07 Å². The quantitative estimate of drug-likeness (QED) is 0.695. The van der Waals surface area contributed by atoms with Gasteiger partial charge in [0.2, 0.25) is 10.0 Å². The fourth-order valence-electron chi connectivity index (χ4n) is 3.39. The normalized spacial score (nSPS) is 14.3. The van der Waals surface area contributed by atoms with Crippen LogP contribution in [0.5, 0.6) is 5.75 Å². The molecule has 0 spiro atoms. The lowest BCUT2D eigenvalue weighted by Gasteiger charge is -2.29. The zero-order valence-electron chi connectivity index (χ0n) is 16.9. The highest BCUT2D eigenvalue weighted by atomic mass is 32.2. The van der Waals surface area contributed by atoms with Crippen molar-refractivity contribution in [1.29, 1.82) is 0 Å². The molecule has 10 heteroatoms. The Morgan fingerprint density at radius 2 is 1.84 bits per heavy atom. The molecule has 0 aromatic heterocycles. The number of amides is 1. The summed E-state index contributed by atoms with van der Waals surface area (Å²) in [5.41, 5.74) is 2.07. The number of nitrogens with one attached hydrogen (secondary N) is 1. The highest BCUT2D eigenvalue weighted by Gasteiger charge is 2.43. The Bertz CT molecular complexity index is 1040. The van der Waals surface area contributed by atoms with Crippen LogP contribution in [0, 0.1) is 0 Å². The van der Waals surface area contributed by atoms with Crippen molar-refractivity contribution in [2.45, 2.75) is 37.4 Å². The van der Waals surface area contributed by atoms with Crippen molar-refractivity contribution in [3.63, 3.8) is 0 Å². The van der Waals surface area contributed by atoms with Gasteiger partial charge in [0.05, 0.1) is 11.5 Å². The number of benzene rings is 2. The van der Waals surface area contributed by atoms with E-state index < -0.39 is 22.1 Å². The molecule has 0 fully saturated rings. The summed E-state index contributed by atoms with van der Waals surface area (Å²) in [6, 6.07) is 11.7. The van der Waals surface area contributed by atoms with Crippen LogP contribution >= 0.6 is 0 Å². The van der Waals surface area contributed by atoms with E-state index in [4.69, 9.17) is 4.74 Å². The molecule has 0 aliphatic carbocycles. The first-order valence-corrected chi connectivity index (χ1v) is 11.3. The molecule has 0 bridgehead atoms. The predicted molar refractivity (Wildman–Crippen MR) is 108 cm³/mol. The molecule has 2 aromatic carbocycles. The van der Waals surface area contributed by atoms with E-state index in [0.29, 0.717) is 23.5 Å². The number of nitrogens with zero attached hydrogens (tertiary/aromatic N) is 1. The molecule has 1 heterocycles. The minimum Gasteiger partial charge on any atom is -0.494 e. The smallest absolute Gasteiger partial charge is 0.471 e. The SMILES string of the molecule is CCOc1ccc(CCNS(=O)(=O)c2ccc3c(c2)CN(C(=O)C(F)(F)F)CC3)cc1. The van der Waals surface area contributed by atoms with E-state index in [1.165, 1.54) is 12.1 Å². The third-order valence-corrected chi connectivity index (χ3v) is 6.43. The Kier molecular flexibility index (Phi) is 6.90. The van der Waals surface area contributed by atoms with Gasteiger partial charge in [0.1, 0.15) is 5.75 Å². The van der Waals surface area contributed by atoms with E-state index in [-0.39, 0.29) is 31.0 Å². The first-order valence-electron chi connectivity index (χ1n) is 9.79. The molecule has 31 heavy (non-hydrogen) atoms. The van der Waals surface area contributed by atoms with Crippen LogP contribution in [0.1, 0.15) is 23.6 Å². The molecule has 1 amide bonds. The van der Waals surface area contributed by atoms with E-state index in [9.17, 15) is 26.4 Å². The highest BCUT2D eigenvalue weighted by molar-refractivity contribution is 7.89. The summed E-state index contributed by atoms with van der Waals surface area (Å²) in [5, 5.41) is 0. The minimum absolute atomic E-state index is 0.0424. The van der Waals surface area contributed by atoms with Gasteiger partial charge in [-0.3, -0.25) is 4.79 Å². The van der Waals surface area contributed by atoms with Gasteiger partial charge in [0.25, 0.3) is 0 Å². The molecule has 3 rings (SSSR count). The fourth-order valence-corrected chi connectivity index (χ4v) is 4.47. The summed E-state index contributed by atoms with van der Waals surface area (Å²) in [7, 11) is -3.85. The molecule has 0 unspecified atom stereocenters. The Labute approximate surface area is 179 Å². The second-order valence-electron chi connectivity index (χ2n) is 7.13. The van der Waals surface area contributed by atoms with Crippen LogP contribution in [0.25, 0.3) is 0 Å². The van der Waals surface area contributed by atoms with Crippen molar-refractivity contribution in [2.24, 2.45) is 0 Å². The number of hydrogen-bond acceptors (Lipinski definition) is 4. The average molecular weight is 456 g/mol. The molecule has 2 aromatic rings. The average Bonchev–Trinajstić information content (AvgIpc) is 2.73. The summed E-state index contributed by atoms with van der Waals surface area (Å²) < 4.78 is 71.3. The number of hydrogen-bond donors (Lipinski definition) is 1. The Balaban J connectivity index is 1.65. The number of carbonyl (C=O) groups is 1. The molecular formula is C21H23F3N2O4S. The van der Waals surface area contributed by atoms with Crippen LogP contribution in [0.15, 0.2) is 47.4 Å². The summed E-state index contributed by atoms with van der Waals surface area (Å²) >= 11 is 0. The van der Waals surface area contributed by atoms with E-state index >= 15 is 0 Å². The number of carbonyl (C=O) groups excluding carboxylic acids is 1. The maximum atomic E-state index is 12.7. The lowest BCUT2D eigenvalue weighted by molar-refractivity contribution is -0.186. The molecule has 0 saturated heterocycles. The summed E-state index contributed by atoms with van der Waals surface area (Å²) in [4.78, 5) is 12.2. The fraction of sp³-hybridized carbons (Fsp3) is 0.381. The molecule has 1 N–H and O–H groups in total. The number of alkyl halides is 3. The largest absolute Gasteiger partial charge is 0.494 e. The minimum atomic E-state index is -4.95. The molecule has 1 aliphatic heterocycles. The standard InChI is InChI=1S/C21H23F3N2O4S/c1-2-30-18-6-3-15(4-7-18)9-11-25-31(28,29)19-8-5-16-10-12-26(14-17(16)13-19)20(27)21(22,23)24/h3-8,13,25H,2,9-12,14H2,1H3. The summed E-state index contributed by atoms with van der Waals surface area (Å²) in [6.45, 7) is 2.27. The Morgan fingerprint density at radius 3 is 2.48 bits per heavy atom. The third kappa shape index (κ3) is 5.76. The van der Waals surface area contributed by atoms with Crippen LogP contribution < -0.4 is 9.46 Å². The first kappa shape index (κ1) is 23.1. The highest BCUT2D eigenvalue weighted by Crippen LogP contribution is 2.26. The maximum absolute atomic E-state index is 12.7. The lowest BCUT2D eigenvalue weighted by atomic mass is 10.00.